The smallest absolute Gasteiger partial charge is 0.140 e. The predicted molar refractivity (Wildman–Crippen MR) is 55.4 cm³/mol. The molecule has 2 aromatic heterocycles. The molecular formula is C7H3Cl2NS2. The fraction of sp³-hybridized carbons (Fsp3) is 0. The molecule has 0 atom stereocenters. The molecule has 0 saturated heterocycles. The number of nitrogens with zero attached hydrogens (tertiary/aromatic N) is 1. The van der Waals surface area contributed by atoms with Crippen LogP contribution >= 0.6 is 45.9 Å². The Labute approximate surface area is 87.6 Å². The zero-order chi connectivity index (χ0) is 8.55. The second-order valence-corrected chi connectivity index (χ2v) is 4.64. The van der Waals surface area contributed by atoms with Crippen molar-refractivity contribution in [3.05, 3.63) is 27.0 Å². The van der Waals surface area contributed by atoms with Crippen LogP contribution in [0.5, 0.6) is 0 Å². The Morgan fingerprint density at radius 1 is 1.25 bits per heavy atom. The van der Waals surface area contributed by atoms with Gasteiger partial charge in [0.15, 0.2) is 0 Å². The summed E-state index contributed by atoms with van der Waals surface area (Å²) in [6, 6.07) is 1.86. The number of rotatable bonds is 1. The number of aromatic nitrogens is 1. The molecule has 2 aromatic rings. The van der Waals surface area contributed by atoms with Gasteiger partial charge < -0.3 is 0 Å². The molecule has 0 N–H and O–H groups in total. The van der Waals surface area contributed by atoms with Gasteiger partial charge in [-0.2, -0.15) is 0 Å². The fourth-order valence-corrected chi connectivity index (χ4v) is 3.08. The minimum Gasteiger partial charge on any atom is -0.223 e. The average Bonchev–Trinajstić information content (AvgIpc) is 2.58. The van der Waals surface area contributed by atoms with Gasteiger partial charge in [-0.25, -0.2) is 4.98 Å². The zero-order valence-electron chi connectivity index (χ0n) is 5.75. The molecular weight excluding hydrogens is 233 g/mol. The lowest BCUT2D eigenvalue weighted by atomic mass is 10.5. The van der Waals surface area contributed by atoms with Gasteiger partial charge in [0.2, 0.25) is 0 Å². The van der Waals surface area contributed by atoms with Crippen LogP contribution in [0, 0.1) is 0 Å². The molecule has 62 valence electrons. The van der Waals surface area contributed by atoms with Crippen molar-refractivity contribution in [2.75, 3.05) is 0 Å². The summed E-state index contributed by atoms with van der Waals surface area (Å²) in [5.41, 5.74) is 0. The molecule has 0 aromatic carbocycles. The minimum atomic E-state index is 0.527. The molecule has 5 heteroatoms. The van der Waals surface area contributed by atoms with Gasteiger partial charge in [-0.15, -0.1) is 22.7 Å². The van der Waals surface area contributed by atoms with E-state index in [1.54, 1.807) is 16.7 Å². The Morgan fingerprint density at radius 2 is 2.08 bits per heavy atom. The summed E-state index contributed by atoms with van der Waals surface area (Å²) >= 11 is 14.7. The highest BCUT2D eigenvalue weighted by Gasteiger charge is 2.08. The van der Waals surface area contributed by atoms with E-state index in [1.165, 1.54) is 11.3 Å². The van der Waals surface area contributed by atoms with Crippen molar-refractivity contribution in [1.82, 2.24) is 4.98 Å². The van der Waals surface area contributed by atoms with E-state index in [0.717, 1.165) is 14.9 Å². The Hall–Kier alpha value is -0.0900. The van der Waals surface area contributed by atoms with Gasteiger partial charge in [-0.05, 0) is 11.4 Å². The quantitative estimate of drug-likeness (QED) is 0.723. The van der Waals surface area contributed by atoms with E-state index in [1.807, 2.05) is 11.4 Å². The van der Waals surface area contributed by atoms with Crippen LogP contribution in [0.4, 0.5) is 0 Å². The predicted octanol–water partition coefficient (Wildman–Crippen LogP) is 4.18. The SMILES string of the molecule is Clc1csc(-c2sccc2Cl)n1. The highest BCUT2D eigenvalue weighted by molar-refractivity contribution is 7.20. The van der Waals surface area contributed by atoms with Crippen molar-refractivity contribution in [3.63, 3.8) is 0 Å². The lowest BCUT2D eigenvalue weighted by Gasteiger charge is -1.88. The molecule has 12 heavy (non-hydrogen) atoms. The van der Waals surface area contributed by atoms with E-state index < -0.39 is 0 Å². The number of thiophene rings is 1. The van der Waals surface area contributed by atoms with E-state index in [2.05, 4.69) is 4.98 Å². The highest BCUT2D eigenvalue weighted by Crippen LogP contribution is 2.35. The zero-order valence-corrected chi connectivity index (χ0v) is 8.90. The Balaban J connectivity index is 2.50. The average molecular weight is 236 g/mol. The third kappa shape index (κ3) is 1.50. The minimum absolute atomic E-state index is 0.527. The molecule has 2 heterocycles. The Morgan fingerprint density at radius 3 is 2.58 bits per heavy atom. The third-order valence-electron chi connectivity index (χ3n) is 1.29. The summed E-state index contributed by atoms with van der Waals surface area (Å²) in [7, 11) is 0. The summed E-state index contributed by atoms with van der Waals surface area (Å²) in [5, 5.41) is 5.89. The fourth-order valence-electron chi connectivity index (χ4n) is 0.805. The number of halogens is 2. The van der Waals surface area contributed by atoms with Crippen LogP contribution in [-0.2, 0) is 0 Å². The maximum Gasteiger partial charge on any atom is 0.140 e. The Bertz CT molecular complexity index is 394. The molecule has 2 rings (SSSR count). The van der Waals surface area contributed by atoms with E-state index in [4.69, 9.17) is 23.2 Å². The molecule has 0 aliphatic heterocycles. The van der Waals surface area contributed by atoms with Crippen LogP contribution in [0.1, 0.15) is 0 Å². The van der Waals surface area contributed by atoms with E-state index in [0.29, 0.717) is 5.15 Å². The van der Waals surface area contributed by atoms with Gasteiger partial charge in [0.1, 0.15) is 10.2 Å². The topological polar surface area (TPSA) is 12.9 Å². The number of thiazole rings is 1. The van der Waals surface area contributed by atoms with Crippen LogP contribution in [-0.4, -0.2) is 4.98 Å². The molecule has 0 radical (unpaired) electrons. The molecule has 0 fully saturated rings. The monoisotopic (exact) mass is 235 g/mol. The normalized spacial score (nSPS) is 10.5. The summed E-state index contributed by atoms with van der Waals surface area (Å²) in [6.07, 6.45) is 0. The molecule has 0 amide bonds. The van der Waals surface area contributed by atoms with Crippen LogP contribution in [0.25, 0.3) is 9.88 Å². The molecule has 0 unspecified atom stereocenters. The van der Waals surface area contributed by atoms with Gasteiger partial charge >= 0.3 is 0 Å². The first-order chi connectivity index (χ1) is 5.77. The molecule has 0 aliphatic rings. The Kier molecular flexibility index (Phi) is 2.37. The summed E-state index contributed by atoms with van der Waals surface area (Å²) < 4.78 is 0. The molecule has 0 aliphatic carbocycles. The van der Waals surface area contributed by atoms with Crippen LogP contribution in [0.2, 0.25) is 10.2 Å². The largest absolute Gasteiger partial charge is 0.223 e. The molecule has 0 spiro atoms. The molecule has 1 nitrogen and oxygen atoms in total. The standard InChI is InChI=1S/C7H3Cl2NS2/c8-4-1-2-11-6(4)7-10-5(9)3-12-7/h1-3H. The van der Waals surface area contributed by atoms with E-state index in [-0.39, 0.29) is 0 Å². The third-order valence-corrected chi connectivity index (χ3v) is 3.95. The van der Waals surface area contributed by atoms with E-state index in [9.17, 15) is 0 Å². The lowest BCUT2D eigenvalue weighted by molar-refractivity contribution is 1.43. The summed E-state index contributed by atoms with van der Waals surface area (Å²) in [5.74, 6) is 0. The molecule has 0 saturated carbocycles. The van der Waals surface area contributed by atoms with Gasteiger partial charge in [-0.1, -0.05) is 23.2 Å². The lowest BCUT2D eigenvalue weighted by Crippen LogP contribution is -1.68. The summed E-state index contributed by atoms with van der Waals surface area (Å²) in [4.78, 5) is 5.12. The van der Waals surface area contributed by atoms with Crippen molar-refractivity contribution < 1.29 is 0 Å². The maximum absolute atomic E-state index is 5.92. The molecule has 0 bridgehead atoms. The first kappa shape index (κ1) is 8.51. The van der Waals surface area contributed by atoms with Gasteiger partial charge in [0.05, 0.1) is 9.90 Å². The second-order valence-electron chi connectivity index (χ2n) is 2.07. The first-order valence-electron chi connectivity index (χ1n) is 3.12. The van der Waals surface area contributed by atoms with Crippen molar-refractivity contribution in [2.45, 2.75) is 0 Å². The second kappa shape index (κ2) is 3.34. The van der Waals surface area contributed by atoms with Crippen molar-refractivity contribution in [2.24, 2.45) is 0 Å². The van der Waals surface area contributed by atoms with Gasteiger partial charge in [0, 0.05) is 5.38 Å². The van der Waals surface area contributed by atoms with Gasteiger partial charge in [-0.3, -0.25) is 0 Å². The summed E-state index contributed by atoms with van der Waals surface area (Å²) in [6.45, 7) is 0. The van der Waals surface area contributed by atoms with Crippen molar-refractivity contribution in [3.8, 4) is 9.88 Å². The number of hydrogen-bond donors (Lipinski definition) is 0. The highest BCUT2D eigenvalue weighted by atomic mass is 35.5. The van der Waals surface area contributed by atoms with E-state index >= 15 is 0 Å². The van der Waals surface area contributed by atoms with Crippen molar-refractivity contribution in [1.29, 1.82) is 0 Å². The van der Waals surface area contributed by atoms with Gasteiger partial charge in [0.25, 0.3) is 0 Å². The van der Waals surface area contributed by atoms with Crippen LogP contribution in [0.15, 0.2) is 16.8 Å². The van der Waals surface area contributed by atoms with Crippen molar-refractivity contribution >= 4 is 45.9 Å². The van der Waals surface area contributed by atoms with Crippen LogP contribution < -0.4 is 0 Å². The maximum atomic E-state index is 5.92. The first-order valence-corrected chi connectivity index (χ1v) is 5.63. The van der Waals surface area contributed by atoms with Crippen LogP contribution in [0.3, 0.4) is 0 Å². The number of hydrogen-bond acceptors (Lipinski definition) is 3.